The van der Waals surface area contributed by atoms with Crippen LogP contribution in [0.3, 0.4) is 0 Å². The van der Waals surface area contributed by atoms with Gasteiger partial charge in [-0.05, 0) is 24.0 Å². The van der Waals surface area contributed by atoms with Crippen LogP contribution in [0.2, 0.25) is 0 Å². The van der Waals surface area contributed by atoms with Gasteiger partial charge in [-0.2, -0.15) is 0 Å². The molecule has 19 heavy (non-hydrogen) atoms. The molecule has 106 valence electrons. The first kappa shape index (κ1) is 15.7. The number of nitrogens with one attached hydrogen (secondary N) is 1. The topological polar surface area (TPSA) is 64.3 Å². The lowest BCUT2D eigenvalue weighted by molar-refractivity contribution is -0.125. The van der Waals surface area contributed by atoms with E-state index in [1.54, 1.807) is 0 Å². The number of carbonyl (C=O) groups is 1. The van der Waals surface area contributed by atoms with E-state index in [4.69, 9.17) is 10.5 Å². The van der Waals surface area contributed by atoms with Crippen molar-refractivity contribution in [2.75, 3.05) is 19.8 Å². The van der Waals surface area contributed by atoms with Gasteiger partial charge in [0, 0.05) is 19.2 Å². The normalized spacial score (nSPS) is 12.5. The van der Waals surface area contributed by atoms with E-state index in [0.717, 1.165) is 5.56 Å². The van der Waals surface area contributed by atoms with Gasteiger partial charge in [0.2, 0.25) is 5.91 Å². The second-order valence-corrected chi connectivity index (χ2v) is 4.87. The van der Waals surface area contributed by atoms with Crippen molar-refractivity contribution in [2.45, 2.75) is 32.7 Å². The molecule has 0 fully saturated rings. The third kappa shape index (κ3) is 5.41. The summed E-state index contributed by atoms with van der Waals surface area (Å²) in [5, 5.41) is 2.76. The van der Waals surface area contributed by atoms with Crippen LogP contribution in [0.15, 0.2) is 24.3 Å². The number of nitrogens with two attached hydrogens (primary N) is 1. The maximum Gasteiger partial charge on any atom is 0.246 e. The molecule has 0 spiro atoms. The van der Waals surface area contributed by atoms with E-state index in [9.17, 15) is 4.79 Å². The molecule has 1 amide bonds. The molecule has 3 N–H and O–H groups in total. The summed E-state index contributed by atoms with van der Waals surface area (Å²) >= 11 is 0. The van der Waals surface area contributed by atoms with E-state index >= 15 is 0 Å². The van der Waals surface area contributed by atoms with Crippen LogP contribution >= 0.6 is 0 Å². The highest BCUT2D eigenvalue weighted by molar-refractivity contribution is 5.77. The summed E-state index contributed by atoms with van der Waals surface area (Å²) in [6.07, 6.45) is 0. The molecular weight excluding hydrogens is 240 g/mol. The van der Waals surface area contributed by atoms with Crippen molar-refractivity contribution >= 4 is 5.91 Å². The van der Waals surface area contributed by atoms with Gasteiger partial charge in [-0.1, -0.05) is 38.1 Å². The molecule has 0 saturated carbocycles. The Bertz CT molecular complexity index is 388. The first-order valence-corrected chi connectivity index (χ1v) is 6.74. The Balaban J connectivity index is 2.44. The largest absolute Gasteiger partial charge is 0.372 e. The molecule has 1 atom stereocenters. The van der Waals surface area contributed by atoms with Gasteiger partial charge in [0.25, 0.3) is 0 Å². The molecule has 0 aliphatic carbocycles. The second kappa shape index (κ2) is 7.92. The molecule has 0 aliphatic heterocycles. The third-order valence-electron chi connectivity index (χ3n) is 2.99. The summed E-state index contributed by atoms with van der Waals surface area (Å²) in [7, 11) is 0. The van der Waals surface area contributed by atoms with Gasteiger partial charge < -0.3 is 15.8 Å². The van der Waals surface area contributed by atoms with E-state index in [-0.39, 0.29) is 18.6 Å². The van der Waals surface area contributed by atoms with Gasteiger partial charge in [-0.15, -0.1) is 0 Å². The van der Waals surface area contributed by atoms with E-state index in [0.29, 0.717) is 19.1 Å². The van der Waals surface area contributed by atoms with Crippen LogP contribution in [0.5, 0.6) is 0 Å². The van der Waals surface area contributed by atoms with Crippen LogP contribution in [0.1, 0.15) is 43.9 Å². The monoisotopic (exact) mass is 264 g/mol. The zero-order valence-electron chi connectivity index (χ0n) is 12.0. The average molecular weight is 264 g/mol. The smallest absolute Gasteiger partial charge is 0.246 e. The average Bonchev–Trinajstić information content (AvgIpc) is 2.42. The predicted molar refractivity (Wildman–Crippen MR) is 77.0 cm³/mol. The highest BCUT2D eigenvalue weighted by Crippen LogP contribution is 2.17. The fraction of sp³-hybridized carbons (Fsp3) is 0.533. The molecule has 1 aromatic rings. The SMILES string of the molecule is CCOCC(=O)NCC(N)c1ccc(C(C)C)cc1. The highest BCUT2D eigenvalue weighted by Gasteiger charge is 2.08. The van der Waals surface area contributed by atoms with Crippen molar-refractivity contribution < 1.29 is 9.53 Å². The molecule has 4 nitrogen and oxygen atoms in total. The minimum atomic E-state index is -0.188. The summed E-state index contributed by atoms with van der Waals surface area (Å²) in [6.45, 7) is 7.22. The Kier molecular flexibility index (Phi) is 6.53. The molecule has 1 unspecified atom stereocenters. The second-order valence-electron chi connectivity index (χ2n) is 4.87. The van der Waals surface area contributed by atoms with Gasteiger partial charge in [-0.25, -0.2) is 0 Å². The van der Waals surface area contributed by atoms with Crippen LogP contribution < -0.4 is 11.1 Å². The number of rotatable bonds is 7. The Morgan fingerprint density at radius 2 is 1.84 bits per heavy atom. The fourth-order valence-electron chi connectivity index (χ4n) is 1.72. The number of benzene rings is 1. The molecule has 0 radical (unpaired) electrons. The maximum absolute atomic E-state index is 11.4. The zero-order chi connectivity index (χ0) is 14.3. The van der Waals surface area contributed by atoms with Crippen LogP contribution in [0, 0.1) is 0 Å². The predicted octanol–water partition coefficient (Wildman–Crippen LogP) is 1.96. The highest BCUT2D eigenvalue weighted by atomic mass is 16.5. The Labute approximate surface area is 115 Å². The molecule has 0 saturated heterocycles. The van der Waals surface area contributed by atoms with Crippen LogP contribution in [-0.4, -0.2) is 25.7 Å². The van der Waals surface area contributed by atoms with E-state index in [1.165, 1.54) is 5.56 Å². The Morgan fingerprint density at radius 3 is 2.37 bits per heavy atom. The van der Waals surface area contributed by atoms with Crippen LogP contribution in [0.4, 0.5) is 0 Å². The van der Waals surface area contributed by atoms with Crippen molar-refractivity contribution in [2.24, 2.45) is 5.73 Å². The van der Waals surface area contributed by atoms with Crippen molar-refractivity contribution in [3.05, 3.63) is 35.4 Å². The minimum absolute atomic E-state index is 0.0928. The number of hydrogen-bond acceptors (Lipinski definition) is 3. The number of amides is 1. The molecule has 0 heterocycles. The lowest BCUT2D eigenvalue weighted by atomic mass is 9.99. The minimum Gasteiger partial charge on any atom is -0.372 e. The maximum atomic E-state index is 11.4. The van der Waals surface area contributed by atoms with E-state index in [1.807, 2.05) is 19.1 Å². The molecule has 1 aromatic carbocycles. The third-order valence-corrected chi connectivity index (χ3v) is 2.99. The molecule has 1 rings (SSSR count). The number of hydrogen-bond donors (Lipinski definition) is 2. The van der Waals surface area contributed by atoms with E-state index in [2.05, 4.69) is 31.3 Å². The summed E-state index contributed by atoms with van der Waals surface area (Å²) in [4.78, 5) is 11.4. The Hall–Kier alpha value is -1.39. The molecule has 0 aromatic heterocycles. The fourth-order valence-corrected chi connectivity index (χ4v) is 1.72. The first-order chi connectivity index (χ1) is 9.04. The van der Waals surface area contributed by atoms with Crippen LogP contribution in [-0.2, 0) is 9.53 Å². The number of ether oxygens (including phenoxy) is 1. The lowest BCUT2D eigenvalue weighted by Gasteiger charge is -2.14. The summed E-state index contributed by atoms with van der Waals surface area (Å²) in [5.74, 6) is 0.382. The van der Waals surface area contributed by atoms with Crippen molar-refractivity contribution in [3.63, 3.8) is 0 Å². The molecule has 0 aliphatic rings. The van der Waals surface area contributed by atoms with Gasteiger partial charge in [-0.3, -0.25) is 4.79 Å². The van der Waals surface area contributed by atoms with Gasteiger partial charge in [0.1, 0.15) is 6.61 Å². The summed E-state index contributed by atoms with van der Waals surface area (Å²) in [6, 6.07) is 8.03. The molecular formula is C15H24N2O2. The standard InChI is InChI=1S/C15H24N2O2/c1-4-19-10-15(18)17-9-14(16)13-7-5-12(6-8-13)11(2)3/h5-8,11,14H,4,9-10,16H2,1-3H3,(H,17,18). The molecule has 4 heteroatoms. The zero-order valence-corrected chi connectivity index (χ0v) is 12.0. The van der Waals surface area contributed by atoms with Gasteiger partial charge in [0.05, 0.1) is 0 Å². The van der Waals surface area contributed by atoms with Crippen molar-refractivity contribution in [3.8, 4) is 0 Å². The number of carbonyl (C=O) groups excluding carboxylic acids is 1. The Morgan fingerprint density at radius 1 is 1.26 bits per heavy atom. The quantitative estimate of drug-likeness (QED) is 0.791. The molecule has 0 bridgehead atoms. The summed E-state index contributed by atoms with van der Waals surface area (Å²) < 4.78 is 5.02. The van der Waals surface area contributed by atoms with E-state index < -0.39 is 0 Å². The van der Waals surface area contributed by atoms with Crippen molar-refractivity contribution in [1.29, 1.82) is 0 Å². The first-order valence-electron chi connectivity index (χ1n) is 6.74. The van der Waals surface area contributed by atoms with Gasteiger partial charge in [0.15, 0.2) is 0 Å². The van der Waals surface area contributed by atoms with Crippen LogP contribution in [0.25, 0.3) is 0 Å². The lowest BCUT2D eigenvalue weighted by Crippen LogP contribution is -2.34. The van der Waals surface area contributed by atoms with Gasteiger partial charge >= 0.3 is 0 Å². The summed E-state index contributed by atoms with van der Waals surface area (Å²) in [5.41, 5.74) is 8.36. The van der Waals surface area contributed by atoms with Crippen molar-refractivity contribution in [1.82, 2.24) is 5.32 Å².